The highest BCUT2D eigenvalue weighted by Gasteiger charge is 2.16. The first-order valence-corrected chi connectivity index (χ1v) is 7.79. The molecule has 0 aliphatic heterocycles. The first-order valence-electron chi connectivity index (χ1n) is 7.79. The van der Waals surface area contributed by atoms with Gasteiger partial charge in [0.15, 0.2) is 5.78 Å². The normalized spacial score (nSPS) is 18.8. The van der Waals surface area contributed by atoms with E-state index in [1.807, 2.05) is 25.2 Å². The molecule has 1 aromatic rings. The van der Waals surface area contributed by atoms with E-state index in [-0.39, 0.29) is 5.78 Å². The maximum Gasteiger partial charge on any atom is 0.188 e. The van der Waals surface area contributed by atoms with Crippen LogP contribution in [0, 0.1) is 0 Å². The average molecular weight is 271 g/mol. The fourth-order valence-electron chi connectivity index (χ4n) is 2.79. The Bertz CT molecular complexity index is 476. The number of benzene rings is 1. The lowest BCUT2D eigenvalue weighted by molar-refractivity contribution is 0.102. The van der Waals surface area contributed by atoms with E-state index >= 15 is 0 Å². The van der Waals surface area contributed by atoms with E-state index in [1.165, 1.54) is 19.3 Å². The molecule has 1 aliphatic rings. The number of likely N-dealkylation sites (N-methyl/N-ethyl adjacent to an activating group) is 1. The van der Waals surface area contributed by atoms with Gasteiger partial charge in [-0.05, 0) is 56.8 Å². The Morgan fingerprint density at radius 1 is 1.15 bits per heavy atom. The molecule has 0 aromatic heterocycles. The minimum absolute atomic E-state index is 0.249. The monoisotopic (exact) mass is 271 g/mol. The molecule has 0 unspecified atom stereocenters. The molecule has 0 saturated carbocycles. The molecule has 0 saturated heterocycles. The second-order valence-corrected chi connectivity index (χ2v) is 5.52. The van der Waals surface area contributed by atoms with Gasteiger partial charge in [0.2, 0.25) is 0 Å². The molecule has 0 atom stereocenters. The Morgan fingerprint density at radius 2 is 1.95 bits per heavy atom. The molecule has 1 aliphatic carbocycles. The molecule has 108 valence electrons. The van der Waals surface area contributed by atoms with E-state index in [2.05, 4.69) is 17.5 Å². The molecule has 0 heterocycles. The second-order valence-electron chi connectivity index (χ2n) is 5.52. The van der Waals surface area contributed by atoms with Gasteiger partial charge in [-0.3, -0.25) is 4.79 Å². The maximum atomic E-state index is 12.8. The highest BCUT2D eigenvalue weighted by Crippen LogP contribution is 2.22. The first-order chi connectivity index (χ1) is 9.83. The van der Waals surface area contributed by atoms with Crippen LogP contribution in [0.1, 0.15) is 54.4 Å². The quantitative estimate of drug-likeness (QED) is 0.823. The lowest BCUT2D eigenvalue weighted by atomic mass is 9.91. The van der Waals surface area contributed by atoms with Crippen molar-refractivity contribution in [1.82, 2.24) is 5.32 Å². The number of carbonyl (C=O) groups excluding carboxylic acids is 1. The van der Waals surface area contributed by atoms with Gasteiger partial charge in [0.1, 0.15) is 0 Å². The summed E-state index contributed by atoms with van der Waals surface area (Å²) in [6.07, 6.45) is 10.0. The molecule has 2 nitrogen and oxygen atoms in total. The van der Waals surface area contributed by atoms with Crippen molar-refractivity contribution in [2.75, 3.05) is 13.6 Å². The van der Waals surface area contributed by atoms with Gasteiger partial charge in [0.25, 0.3) is 0 Å². The van der Waals surface area contributed by atoms with E-state index in [0.29, 0.717) is 0 Å². The highest BCUT2D eigenvalue weighted by atomic mass is 16.1. The summed E-state index contributed by atoms with van der Waals surface area (Å²) >= 11 is 0. The van der Waals surface area contributed by atoms with Crippen LogP contribution in [0.3, 0.4) is 0 Å². The van der Waals surface area contributed by atoms with Gasteiger partial charge < -0.3 is 5.32 Å². The number of rotatable bonds is 5. The molecule has 2 heteroatoms. The van der Waals surface area contributed by atoms with Gasteiger partial charge in [-0.25, -0.2) is 0 Å². The minimum Gasteiger partial charge on any atom is -0.319 e. The number of nitrogens with one attached hydrogen (secondary N) is 1. The van der Waals surface area contributed by atoms with Crippen molar-refractivity contribution < 1.29 is 4.79 Å². The summed E-state index contributed by atoms with van der Waals surface area (Å²) in [7, 11) is 1.95. The summed E-state index contributed by atoms with van der Waals surface area (Å²) in [4.78, 5) is 12.8. The lowest BCUT2D eigenvalue weighted by Crippen LogP contribution is -2.14. The number of hydrogen-bond donors (Lipinski definition) is 1. The topological polar surface area (TPSA) is 29.1 Å². The molecule has 0 fully saturated rings. The van der Waals surface area contributed by atoms with E-state index < -0.39 is 0 Å². The zero-order chi connectivity index (χ0) is 14.2. The molecule has 1 aromatic carbocycles. The van der Waals surface area contributed by atoms with Crippen molar-refractivity contribution >= 4 is 5.78 Å². The molecular weight excluding hydrogens is 246 g/mol. The molecule has 0 radical (unpaired) electrons. The number of hydrogen-bond acceptors (Lipinski definition) is 2. The van der Waals surface area contributed by atoms with Crippen LogP contribution in [-0.4, -0.2) is 19.4 Å². The van der Waals surface area contributed by atoms with Gasteiger partial charge in [-0.15, -0.1) is 0 Å². The van der Waals surface area contributed by atoms with Crippen LogP contribution in [0.5, 0.6) is 0 Å². The SMILES string of the molecule is CNCCc1ccccc1C(=O)/C1=C/CCCCCC1. The fourth-order valence-corrected chi connectivity index (χ4v) is 2.79. The summed E-state index contributed by atoms with van der Waals surface area (Å²) in [5, 5.41) is 3.15. The third-order valence-electron chi connectivity index (χ3n) is 3.99. The second kappa shape index (κ2) is 8.01. The largest absolute Gasteiger partial charge is 0.319 e. The predicted molar refractivity (Wildman–Crippen MR) is 84.2 cm³/mol. The van der Waals surface area contributed by atoms with E-state index in [9.17, 15) is 4.79 Å². The molecule has 0 amide bonds. The van der Waals surface area contributed by atoms with Gasteiger partial charge in [0.05, 0.1) is 0 Å². The third-order valence-corrected chi connectivity index (χ3v) is 3.99. The number of carbonyl (C=O) groups is 1. The van der Waals surface area contributed by atoms with Crippen LogP contribution < -0.4 is 5.32 Å². The van der Waals surface area contributed by atoms with Crippen LogP contribution in [-0.2, 0) is 6.42 Å². The van der Waals surface area contributed by atoms with Crippen molar-refractivity contribution in [2.24, 2.45) is 0 Å². The lowest BCUT2D eigenvalue weighted by Gasteiger charge is -2.13. The Kier molecular flexibility index (Phi) is 6.00. The Balaban J connectivity index is 2.18. The minimum atomic E-state index is 0.249. The van der Waals surface area contributed by atoms with Gasteiger partial charge in [-0.1, -0.05) is 43.2 Å². The zero-order valence-electron chi connectivity index (χ0n) is 12.5. The van der Waals surface area contributed by atoms with Crippen LogP contribution in [0.2, 0.25) is 0 Å². The number of Topliss-reactive ketones (excluding diaryl/α,β-unsaturated/α-hetero) is 1. The average Bonchev–Trinajstić information content (AvgIpc) is 2.44. The number of ketones is 1. The first kappa shape index (κ1) is 15.0. The van der Waals surface area contributed by atoms with Crippen LogP contribution in [0.4, 0.5) is 0 Å². The zero-order valence-corrected chi connectivity index (χ0v) is 12.5. The molecule has 1 N–H and O–H groups in total. The summed E-state index contributed by atoms with van der Waals surface area (Å²) < 4.78 is 0. The summed E-state index contributed by atoms with van der Waals surface area (Å²) in [5.41, 5.74) is 3.09. The predicted octanol–water partition coefficient (Wildman–Crippen LogP) is 3.91. The summed E-state index contributed by atoms with van der Waals surface area (Å²) in [5.74, 6) is 0.249. The van der Waals surface area contributed by atoms with E-state index in [0.717, 1.165) is 48.9 Å². The van der Waals surface area contributed by atoms with Crippen LogP contribution >= 0.6 is 0 Å². The van der Waals surface area contributed by atoms with Crippen LogP contribution in [0.15, 0.2) is 35.9 Å². The molecule has 20 heavy (non-hydrogen) atoms. The fraction of sp³-hybridized carbons (Fsp3) is 0.500. The smallest absolute Gasteiger partial charge is 0.188 e. The summed E-state index contributed by atoms with van der Waals surface area (Å²) in [6, 6.07) is 8.05. The van der Waals surface area contributed by atoms with Gasteiger partial charge >= 0.3 is 0 Å². The van der Waals surface area contributed by atoms with Crippen molar-refractivity contribution in [3.63, 3.8) is 0 Å². The van der Waals surface area contributed by atoms with Crippen molar-refractivity contribution in [3.8, 4) is 0 Å². The van der Waals surface area contributed by atoms with Crippen molar-refractivity contribution in [1.29, 1.82) is 0 Å². The Morgan fingerprint density at radius 3 is 2.80 bits per heavy atom. The molecule has 2 rings (SSSR count). The van der Waals surface area contributed by atoms with Gasteiger partial charge in [-0.2, -0.15) is 0 Å². The molecule has 0 spiro atoms. The highest BCUT2D eigenvalue weighted by molar-refractivity contribution is 6.09. The summed E-state index contributed by atoms with van der Waals surface area (Å²) in [6.45, 7) is 0.906. The molecule has 0 bridgehead atoms. The maximum absolute atomic E-state index is 12.8. The third kappa shape index (κ3) is 4.04. The number of allylic oxidation sites excluding steroid dienone is 2. The van der Waals surface area contributed by atoms with E-state index in [4.69, 9.17) is 0 Å². The standard InChI is InChI=1S/C18H25NO/c1-19-14-13-15-9-7-8-12-17(15)18(20)16-10-5-3-2-4-6-11-16/h7-10,12,19H,2-6,11,13-14H2,1H3/b16-10+. The van der Waals surface area contributed by atoms with E-state index in [1.54, 1.807) is 0 Å². The van der Waals surface area contributed by atoms with Crippen molar-refractivity contribution in [3.05, 3.63) is 47.0 Å². The van der Waals surface area contributed by atoms with Crippen molar-refractivity contribution in [2.45, 2.75) is 44.9 Å². The van der Waals surface area contributed by atoms with Crippen LogP contribution in [0.25, 0.3) is 0 Å². The van der Waals surface area contributed by atoms with Gasteiger partial charge in [0, 0.05) is 5.56 Å². The molecular formula is C18H25NO. The Hall–Kier alpha value is -1.41. The Labute approximate surface area is 122 Å².